The third kappa shape index (κ3) is 6.55. The lowest BCUT2D eigenvalue weighted by Crippen LogP contribution is -2.39. The molecule has 0 aliphatic carbocycles. The largest absolute Gasteiger partial charge is 0.467 e. The van der Waals surface area contributed by atoms with E-state index in [9.17, 15) is 14.4 Å². The van der Waals surface area contributed by atoms with E-state index in [0.717, 1.165) is 44.3 Å². The Morgan fingerprint density at radius 2 is 2.00 bits per heavy atom. The van der Waals surface area contributed by atoms with Crippen LogP contribution in [0.1, 0.15) is 54.9 Å². The molecule has 0 spiro atoms. The Bertz CT molecular complexity index is 693. The van der Waals surface area contributed by atoms with Crippen molar-refractivity contribution in [1.29, 1.82) is 0 Å². The van der Waals surface area contributed by atoms with E-state index in [1.54, 1.807) is 25.1 Å². The third-order valence-electron chi connectivity index (χ3n) is 4.58. The molecule has 1 heterocycles. The maximum atomic E-state index is 12.2. The van der Waals surface area contributed by atoms with Crippen molar-refractivity contribution in [3.05, 3.63) is 41.5 Å². The van der Waals surface area contributed by atoms with Gasteiger partial charge in [0.15, 0.2) is 0 Å². The van der Waals surface area contributed by atoms with Crippen molar-refractivity contribution in [2.75, 3.05) is 20.2 Å². The Labute approximate surface area is 160 Å². The van der Waals surface area contributed by atoms with Gasteiger partial charge >= 0.3 is 5.97 Å². The Balaban J connectivity index is 1.80. The van der Waals surface area contributed by atoms with E-state index in [0.29, 0.717) is 12.0 Å². The summed E-state index contributed by atoms with van der Waals surface area (Å²) in [6.45, 7) is 3.38. The van der Waals surface area contributed by atoms with E-state index in [1.807, 2.05) is 23.1 Å². The van der Waals surface area contributed by atoms with Gasteiger partial charge in [0.05, 0.1) is 7.11 Å². The molecule has 146 valence electrons. The molecule has 27 heavy (non-hydrogen) atoms. The van der Waals surface area contributed by atoms with Crippen LogP contribution in [0, 0.1) is 0 Å². The molecule has 1 N–H and O–H groups in total. The Hall–Kier alpha value is -2.63. The number of nitrogens with one attached hydrogen (secondary N) is 1. The molecule has 0 saturated carbocycles. The van der Waals surface area contributed by atoms with Crippen molar-refractivity contribution in [1.82, 2.24) is 10.2 Å². The average molecular weight is 372 g/mol. The Kier molecular flexibility index (Phi) is 8.04. The van der Waals surface area contributed by atoms with E-state index >= 15 is 0 Å². The molecule has 1 aromatic rings. The number of allylic oxidation sites excluding steroid dienone is 1. The van der Waals surface area contributed by atoms with Crippen LogP contribution in [-0.2, 0) is 14.3 Å². The maximum absolute atomic E-state index is 12.2. The molecule has 1 aromatic carbocycles. The Morgan fingerprint density at radius 1 is 1.26 bits per heavy atom. The second kappa shape index (κ2) is 10.5. The number of benzene rings is 1. The zero-order valence-corrected chi connectivity index (χ0v) is 16.1. The highest BCUT2D eigenvalue weighted by atomic mass is 16.5. The normalized spacial score (nSPS) is 15.0. The first-order valence-corrected chi connectivity index (χ1v) is 9.44. The first-order chi connectivity index (χ1) is 13.0. The first-order valence-electron chi connectivity index (χ1n) is 9.44. The lowest BCUT2D eigenvalue weighted by molar-refractivity contribution is -0.142. The predicted octanol–water partition coefficient (Wildman–Crippen LogP) is 2.78. The van der Waals surface area contributed by atoms with Crippen LogP contribution in [0.3, 0.4) is 0 Å². The molecule has 1 atom stereocenters. The molecule has 1 aliphatic heterocycles. The lowest BCUT2D eigenvalue weighted by Gasteiger charge is -2.14. The molecular weight excluding hydrogens is 344 g/mol. The fraction of sp³-hybridized carbons (Fsp3) is 0.476. The zero-order valence-electron chi connectivity index (χ0n) is 16.1. The van der Waals surface area contributed by atoms with Crippen LogP contribution in [0.5, 0.6) is 0 Å². The number of unbranched alkanes of at least 4 members (excludes halogenated alkanes) is 1. The fourth-order valence-electron chi connectivity index (χ4n) is 3.01. The maximum Gasteiger partial charge on any atom is 0.328 e. The first kappa shape index (κ1) is 20.7. The second-order valence-corrected chi connectivity index (χ2v) is 6.73. The van der Waals surface area contributed by atoms with E-state index in [2.05, 4.69) is 10.1 Å². The smallest absolute Gasteiger partial charge is 0.328 e. The number of esters is 1. The summed E-state index contributed by atoms with van der Waals surface area (Å²) in [6, 6.07) is 6.48. The summed E-state index contributed by atoms with van der Waals surface area (Å²) in [6.07, 6.45) is 8.42. The molecule has 2 rings (SSSR count). The lowest BCUT2D eigenvalue weighted by atomic mass is 10.1. The van der Waals surface area contributed by atoms with Gasteiger partial charge in [0.25, 0.3) is 5.91 Å². The third-order valence-corrected chi connectivity index (χ3v) is 4.58. The molecule has 1 aliphatic rings. The molecule has 6 nitrogen and oxygen atoms in total. The number of hydrogen-bond acceptors (Lipinski definition) is 4. The summed E-state index contributed by atoms with van der Waals surface area (Å²) >= 11 is 0. The van der Waals surface area contributed by atoms with E-state index < -0.39 is 12.0 Å². The van der Waals surface area contributed by atoms with Crippen LogP contribution < -0.4 is 5.32 Å². The van der Waals surface area contributed by atoms with Gasteiger partial charge in [0.1, 0.15) is 6.04 Å². The standard InChI is InChI=1S/C21H28N2O4/c1-16(21(26)27-2)22-20(25)18-11-8-10-17(15-18)9-4-3-5-12-19(24)23-13-6-7-14-23/h4,8-11,15-16H,3,5-7,12-14H2,1-2H3,(H,22,25)/b9-4-/t16-/m1/s1. The number of nitrogens with zero attached hydrogens (tertiary/aromatic N) is 1. The number of hydrogen-bond donors (Lipinski definition) is 1. The highest BCUT2D eigenvalue weighted by Gasteiger charge is 2.17. The van der Waals surface area contributed by atoms with Crippen molar-refractivity contribution in [3.8, 4) is 0 Å². The summed E-state index contributed by atoms with van der Waals surface area (Å²) in [4.78, 5) is 37.6. The van der Waals surface area contributed by atoms with Gasteiger partial charge < -0.3 is 15.0 Å². The second-order valence-electron chi connectivity index (χ2n) is 6.73. The van der Waals surface area contributed by atoms with Crippen molar-refractivity contribution < 1.29 is 19.1 Å². The summed E-state index contributed by atoms with van der Waals surface area (Å²) in [7, 11) is 1.29. The van der Waals surface area contributed by atoms with Crippen molar-refractivity contribution in [3.63, 3.8) is 0 Å². The van der Waals surface area contributed by atoms with Crippen LogP contribution in [-0.4, -0.2) is 48.9 Å². The monoisotopic (exact) mass is 372 g/mol. The van der Waals surface area contributed by atoms with Gasteiger partial charge in [-0.25, -0.2) is 4.79 Å². The predicted molar refractivity (Wildman–Crippen MR) is 104 cm³/mol. The van der Waals surface area contributed by atoms with Crippen molar-refractivity contribution in [2.24, 2.45) is 0 Å². The van der Waals surface area contributed by atoms with Gasteiger partial charge in [0.2, 0.25) is 5.91 Å². The molecule has 2 amide bonds. The summed E-state index contributed by atoms with van der Waals surface area (Å²) < 4.78 is 4.61. The number of rotatable bonds is 8. The zero-order chi connectivity index (χ0) is 19.6. The molecule has 0 unspecified atom stereocenters. The highest BCUT2D eigenvalue weighted by molar-refractivity contribution is 5.97. The van der Waals surface area contributed by atoms with E-state index in [4.69, 9.17) is 0 Å². The molecule has 0 radical (unpaired) electrons. The average Bonchev–Trinajstić information content (AvgIpc) is 3.22. The van der Waals surface area contributed by atoms with Crippen LogP contribution in [0.4, 0.5) is 0 Å². The number of ether oxygens (including phenoxy) is 1. The molecule has 0 bridgehead atoms. The topological polar surface area (TPSA) is 75.7 Å². The van der Waals surface area contributed by atoms with Crippen molar-refractivity contribution >= 4 is 23.9 Å². The minimum atomic E-state index is -0.699. The number of likely N-dealkylation sites (tertiary alicyclic amines) is 1. The van der Waals surface area contributed by atoms with E-state index in [1.165, 1.54) is 7.11 Å². The number of amides is 2. The van der Waals surface area contributed by atoms with Crippen LogP contribution in [0.2, 0.25) is 0 Å². The minimum Gasteiger partial charge on any atom is -0.467 e. The molecule has 0 aromatic heterocycles. The van der Waals surface area contributed by atoms with Crippen molar-refractivity contribution in [2.45, 2.75) is 45.1 Å². The fourth-order valence-corrected chi connectivity index (χ4v) is 3.01. The number of methoxy groups -OCH3 is 1. The quantitative estimate of drug-likeness (QED) is 0.562. The summed E-state index contributed by atoms with van der Waals surface area (Å²) in [5.74, 6) is -0.554. The molecule has 6 heteroatoms. The van der Waals surface area contributed by atoms with Crippen LogP contribution in [0.25, 0.3) is 6.08 Å². The summed E-state index contributed by atoms with van der Waals surface area (Å²) in [5, 5.41) is 2.61. The van der Waals surface area contributed by atoms with Gasteiger partial charge in [-0.2, -0.15) is 0 Å². The number of carbonyl (C=O) groups excluding carboxylic acids is 3. The van der Waals surface area contributed by atoms with Gasteiger partial charge in [-0.1, -0.05) is 24.3 Å². The molecule has 1 saturated heterocycles. The van der Waals surface area contributed by atoms with Gasteiger partial charge in [-0.15, -0.1) is 0 Å². The minimum absolute atomic E-state index is 0.249. The van der Waals surface area contributed by atoms with Gasteiger partial charge in [-0.05, 0) is 50.3 Å². The van der Waals surface area contributed by atoms with Crippen LogP contribution in [0.15, 0.2) is 30.3 Å². The highest BCUT2D eigenvalue weighted by Crippen LogP contribution is 2.12. The van der Waals surface area contributed by atoms with Gasteiger partial charge in [0, 0.05) is 25.1 Å². The summed E-state index contributed by atoms with van der Waals surface area (Å²) in [5.41, 5.74) is 1.39. The molecule has 1 fully saturated rings. The number of carbonyl (C=O) groups is 3. The van der Waals surface area contributed by atoms with Crippen LogP contribution >= 0.6 is 0 Å². The Morgan fingerprint density at radius 3 is 2.70 bits per heavy atom. The SMILES string of the molecule is COC(=O)[C@@H](C)NC(=O)c1cccc(/C=C\CCCC(=O)N2CCCC2)c1. The van der Waals surface area contributed by atoms with E-state index in [-0.39, 0.29) is 11.8 Å². The van der Waals surface area contributed by atoms with Gasteiger partial charge in [-0.3, -0.25) is 9.59 Å². The molecular formula is C21H28N2O4.